The van der Waals surface area contributed by atoms with Gasteiger partial charge in [-0.05, 0) is 18.5 Å². The highest BCUT2D eigenvalue weighted by Crippen LogP contribution is 2.19. The summed E-state index contributed by atoms with van der Waals surface area (Å²) in [4.78, 5) is 24.1. The van der Waals surface area contributed by atoms with E-state index in [-0.39, 0.29) is 30.2 Å². The maximum atomic E-state index is 12.3. The van der Waals surface area contributed by atoms with Crippen LogP contribution in [-0.4, -0.2) is 43.5 Å². The SMILES string of the molecule is O=C(CCNC(=O)C1NNC2CCNCC21)NCc1ccccc1. The van der Waals surface area contributed by atoms with Crippen molar-refractivity contribution in [3.05, 3.63) is 35.9 Å². The molecular weight excluding hydrogens is 306 g/mol. The summed E-state index contributed by atoms with van der Waals surface area (Å²) in [7, 11) is 0. The Hall–Kier alpha value is -1.96. The van der Waals surface area contributed by atoms with E-state index in [4.69, 9.17) is 0 Å². The van der Waals surface area contributed by atoms with Crippen molar-refractivity contribution in [3.8, 4) is 0 Å². The number of amides is 2. The van der Waals surface area contributed by atoms with Gasteiger partial charge in [0.25, 0.3) is 0 Å². The molecule has 5 N–H and O–H groups in total. The Morgan fingerprint density at radius 2 is 1.96 bits per heavy atom. The third-order valence-corrected chi connectivity index (χ3v) is 4.65. The quantitative estimate of drug-likeness (QED) is 0.474. The summed E-state index contributed by atoms with van der Waals surface area (Å²) in [6, 6.07) is 9.87. The predicted octanol–water partition coefficient (Wildman–Crippen LogP) is -0.736. The molecule has 2 saturated heterocycles. The Balaban J connectivity index is 1.35. The molecule has 1 aromatic carbocycles. The molecule has 130 valence electrons. The van der Waals surface area contributed by atoms with Gasteiger partial charge in [-0.2, -0.15) is 0 Å². The first kappa shape index (κ1) is 16.9. The van der Waals surface area contributed by atoms with E-state index in [1.54, 1.807) is 0 Å². The highest BCUT2D eigenvalue weighted by molar-refractivity contribution is 5.83. The van der Waals surface area contributed by atoms with E-state index in [1.165, 1.54) is 0 Å². The number of benzene rings is 1. The molecule has 3 unspecified atom stereocenters. The molecule has 7 nitrogen and oxygen atoms in total. The van der Waals surface area contributed by atoms with E-state index in [0.717, 1.165) is 25.1 Å². The minimum absolute atomic E-state index is 0.0467. The third kappa shape index (κ3) is 4.31. The molecule has 2 aliphatic rings. The van der Waals surface area contributed by atoms with Crippen LogP contribution in [0.1, 0.15) is 18.4 Å². The third-order valence-electron chi connectivity index (χ3n) is 4.65. The van der Waals surface area contributed by atoms with Crippen molar-refractivity contribution in [2.24, 2.45) is 5.92 Å². The van der Waals surface area contributed by atoms with E-state index in [9.17, 15) is 9.59 Å². The molecule has 0 bridgehead atoms. The molecule has 0 aliphatic carbocycles. The lowest BCUT2D eigenvalue weighted by Crippen LogP contribution is -2.49. The highest BCUT2D eigenvalue weighted by Gasteiger charge is 2.40. The number of rotatable bonds is 6. The monoisotopic (exact) mass is 331 g/mol. The number of hydrogen-bond acceptors (Lipinski definition) is 5. The highest BCUT2D eigenvalue weighted by atomic mass is 16.2. The second-order valence-electron chi connectivity index (χ2n) is 6.33. The molecule has 0 aromatic heterocycles. The van der Waals surface area contributed by atoms with Gasteiger partial charge in [0.2, 0.25) is 11.8 Å². The molecule has 2 heterocycles. The topological polar surface area (TPSA) is 94.3 Å². The Morgan fingerprint density at radius 1 is 1.12 bits per heavy atom. The van der Waals surface area contributed by atoms with Crippen LogP contribution in [0.2, 0.25) is 0 Å². The first-order chi connectivity index (χ1) is 11.7. The van der Waals surface area contributed by atoms with Crippen molar-refractivity contribution >= 4 is 11.8 Å². The van der Waals surface area contributed by atoms with Crippen molar-refractivity contribution in [2.75, 3.05) is 19.6 Å². The zero-order valence-corrected chi connectivity index (χ0v) is 13.7. The molecule has 0 radical (unpaired) electrons. The Bertz CT molecular complexity index is 565. The van der Waals surface area contributed by atoms with Gasteiger partial charge < -0.3 is 16.0 Å². The minimum Gasteiger partial charge on any atom is -0.354 e. The standard InChI is InChI=1S/C17H25N5O2/c23-15(20-10-12-4-2-1-3-5-12)7-9-19-17(24)16-13-11-18-8-6-14(13)21-22-16/h1-5,13-14,16,18,21-22H,6-11H2,(H,19,24)(H,20,23). The van der Waals surface area contributed by atoms with Crippen LogP contribution in [-0.2, 0) is 16.1 Å². The van der Waals surface area contributed by atoms with Crippen LogP contribution in [0.25, 0.3) is 0 Å². The number of piperidine rings is 1. The first-order valence-corrected chi connectivity index (χ1v) is 8.54. The van der Waals surface area contributed by atoms with Gasteiger partial charge in [0.15, 0.2) is 0 Å². The largest absolute Gasteiger partial charge is 0.354 e. The zero-order valence-electron chi connectivity index (χ0n) is 13.7. The second kappa shape index (κ2) is 8.23. The fourth-order valence-electron chi connectivity index (χ4n) is 3.27. The van der Waals surface area contributed by atoms with Crippen molar-refractivity contribution < 1.29 is 9.59 Å². The Labute approximate surface area is 141 Å². The maximum absolute atomic E-state index is 12.3. The summed E-state index contributed by atoms with van der Waals surface area (Å²) in [5, 5.41) is 9.04. The number of nitrogens with one attached hydrogen (secondary N) is 5. The van der Waals surface area contributed by atoms with E-state index >= 15 is 0 Å². The minimum atomic E-state index is -0.241. The molecule has 24 heavy (non-hydrogen) atoms. The van der Waals surface area contributed by atoms with E-state index in [2.05, 4.69) is 26.8 Å². The summed E-state index contributed by atoms with van der Waals surface area (Å²) >= 11 is 0. The maximum Gasteiger partial charge on any atom is 0.238 e. The fraction of sp³-hybridized carbons (Fsp3) is 0.529. The summed E-state index contributed by atoms with van der Waals surface area (Å²) in [5.74, 6) is 0.147. The lowest BCUT2D eigenvalue weighted by molar-refractivity contribution is -0.124. The molecule has 3 rings (SSSR count). The van der Waals surface area contributed by atoms with Crippen LogP contribution < -0.4 is 26.8 Å². The normalized spacial score (nSPS) is 25.8. The van der Waals surface area contributed by atoms with E-state index in [0.29, 0.717) is 19.1 Å². The van der Waals surface area contributed by atoms with Gasteiger partial charge in [0.1, 0.15) is 6.04 Å². The van der Waals surface area contributed by atoms with Gasteiger partial charge in [-0.1, -0.05) is 30.3 Å². The van der Waals surface area contributed by atoms with E-state index in [1.807, 2.05) is 30.3 Å². The zero-order chi connectivity index (χ0) is 16.8. The Morgan fingerprint density at radius 3 is 2.79 bits per heavy atom. The van der Waals surface area contributed by atoms with Gasteiger partial charge in [-0.15, -0.1) is 0 Å². The second-order valence-corrected chi connectivity index (χ2v) is 6.33. The van der Waals surface area contributed by atoms with Gasteiger partial charge in [-0.25, -0.2) is 5.43 Å². The number of hydrazine groups is 1. The Kier molecular flexibility index (Phi) is 5.79. The van der Waals surface area contributed by atoms with Crippen molar-refractivity contribution in [2.45, 2.75) is 31.5 Å². The van der Waals surface area contributed by atoms with Crippen LogP contribution in [0.5, 0.6) is 0 Å². The molecule has 2 aliphatic heterocycles. The molecule has 7 heteroatoms. The average molecular weight is 331 g/mol. The van der Waals surface area contributed by atoms with Crippen LogP contribution in [0.4, 0.5) is 0 Å². The number of carbonyl (C=O) groups excluding carboxylic acids is 2. The number of hydrogen-bond donors (Lipinski definition) is 5. The van der Waals surface area contributed by atoms with Gasteiger partial charge in [-0.3, -0.25) is 15.0 Å². The van der Waals surface area contributed by atoms with Crippen LogP contribution in [0.3, 0.4) is 0 Å². The number of fused-ring (bicyclic) bond motifs is 1. The molecular formula is C17H25N5O2. The molecule has 0 spiro atoms. The molecule has 0 saturated carbocycles. The molecule has 3 atom stereocenters. The summed E-state index contributed by atoms with van der Waals surface area (Å²) in [6.07, 6.45) is 1.30. The lowest BCUT2D eigenvalue weighted by Gasteiger charge is -2.27. The number of carbonyl (C=O) groups is 2. The summed E-state index contributed by atoms with van der Waals surface area (Å²) in [6.45, 7) is 2.67. The fourth-order valence-corrected chi connectivity index (χ4v) is 3.27. The van der Waals surface area contributed by atoms with E-state index < -0.39 is 0 Å². The predicted molar refractivity (Wildman–Crippen MR) is 90.7 cm³/mol. The molecule has 1 aromatic rings. The van der Waals surface area contributed by atoms with Gasteiger partial charge in [0, 0.05) is 38.0 Å². The van der Waals surface area contributed by atoms with Crippen molar-refractivity contribution in [3.63, 3.8) is 0 Å². The van der Waals surface area contributed by atoms with Crippen molar-refractivity contribution in [1.29, 1.82) is 0 Å². The summed E-state index contributed by atoms with van der Waals surface area (Å²) in [5.41, 5.74) is 7.34. The average Bonchev–Trinajstić information content (AvgIpc) is 3.05. The van der Waals surface area contributed by atoms with Crippen molar-refractivity contribution in [1.82, 2.24) is 26.8 Å². The van der Waals surface area contributed by atoms with Gasteiger partial charge >= 0.3 is 0 Å². The smallest absolute Gasteiger partial charge is 0.238 e. The molecule has 2 fully saturated rings. The van der Waals surface area contributed by atoms with Crippen LogP contribution in [0.15, 0.2) is 30.3 Å². The van der Waals surface area contributed by atoms with Crippen LogP contribution >= 0.6 is 0 Å². The molecule has 2 amide bonds. The van der Waals surface area contributed by atoms with Gasteiger partial charge in [0.05, 0.1) is 0 Å². The summed E-state index contributed by atoms with van der Waals surface area (Å²) < 4.78 is 0. The van der Waals surface area contributed by atoms with Crippen LogP contribution in [0, 0.1) is 5.92 Å². The lowest BCUT2D eigenvalue weighted by atomic mass is 9.89. The first-order valence-electron chi connectivity index (χ1n) is 8.54.